The molecule has 0 atom stereocenters. The van der Waals surface area contributed by atoms with Crippen molar-refractivity contribution in [3.05, 3.63) is 46.8 Å². The molecule has 6 nitrogen and oxygen atoms in total. The van der Waals surface area contributed by atoms with Crippen molar-refractivity contribution in [2.24, 2.45) is 7.05 Å². The standard InChI is InChI=1S/C19H25N3O3/c1-12-17(13(2)22(6)21-12)20-16(23)11-25-18(24)14-7-9-15(10-8-14)19(3,4)5/h7-10H,11H2,1-6H3,(H,20,23). The fraction of sp³-hybridized carbons (Fsp3) is 0.421. The molecule has 0 fully saturated rings. The van der Waals surface area contributed by atoms with Crippen LogP contribution in [0.3, 0.4) is 0 Å². The quantitative estimate of drug-likeness (QED) is 0.866. The van der Waals surface area contributed by atoms with Gasteiger partial charge in [-0.1, -0.05) is 32.9 Å². The largest absolute Gasteiger partial charge is 0.452 e. The van der Waals surface area contributed by atoms with E-state index in [1.54, 1.807) is 23.9 Å². The summed E-state index contributed by atoms with van der Waals surface area (Å²) in [5.41, 5.74) is 3.78. The molecule has 0 aliphatic carbocycles. The number of aryl methyl sites for hydroxylation is 2. The number of nitrogens with one attached hydrogen (secondary N) is 1. The lowest BCUT2D eigenvalue weighted by Crippen LogP contribution is -2.21. The van der Waals surface area contributed by atoms with Crippen molar-refractivity contribution in [2.75, 3.05) is 11.9 Å². The molecule has 1 heterocycles. The first-order valence-electron chi connectivity index (χ1n) is 8.17. The number of rotatable bonds is 4. The lowest BCUT2D eigenvalue weighted by Gasteiger charge is -2.18. The molecule has 25 heavy (non-hydrogen) atoms. The molecule has 0 saturated carbocycles. The fourth-order valence-corrected chi connectivity index (χ4v) is 2.45. The van der Waals surface area contributed by atoms with Gasteiger partial charge in [-0.25, -0.2) is 4.79 Å². The van der Waals surface area contributed by atoms with E-state index in [9.17, 15) is 9.59 Å². The van der Waals surface area contributed by atoms with E-state index in [1.165, 1.54) is 0 Å². The van der Waals surface area contributed by atoms with Gasteiger partial charge in [0.15, 0.2) is 6.61 Å². The highest BCUT2D eigenvalue weighted by atomic mass is 16.5. The molecule has 0 bridgehead atoms. The SMILES string of the molecule is Cc1nn(C)c(C)c1NC(=O)COC(=O)c1ccc(C(C)(C)C)cc1. The Bertz CT molecular complexity index is 783. The van der Waals surface area contributed by atoms with Gasteiger partial charge in [0.25, 0.3) is 5.91 Å². The van der Waals surface area contributed by atoms with Crippen molar-refractivity contribution < 1.29 is 14.3 Å². The highest BCUT2D eigenvalue weighted by molar-refractivity contribution is 5.96. The number of carbonyl (C=O) groups excluding carboxylic acids is 2. The third-order valence-electron chi connectivity index (χ3n) is 4.09. The second-order valence-electron chi connectivity index (χ2n) is 7.12. The van der Waals surface area contributed by atoms with E-state index in [0.29, 0.717) is 11.3 Å². The van der Waals surface area contributed by atoms with Gasteiger partial charge < -0.3 is 10.1 Å². The van der Waals surface area contributed by atoms with Crippen LogP contribution in [0, 0.1) is 13.8 Å². The Morgan fingerprint density at radius 1 is 1.16 bits per heavy atom. The smallest absolute Gasteiger partial charge is 0.338 e. The summed E-state index contributed by atoms with van der Waals surface area (Å²) >= 11 is 0. The molecule has 134 valence electrons. The Balaban J connectivity index is 1.94. The number of nitrogens with zero attached hydrogens (tertiary/aromatic N) is 2. The number of hydrogen-bond acceptors (Lipinski definition) is 4. The molecule has 2 aromatic rings. The average Bonchev–Trinajstić information content (AvgIpc) is 2.78. The number of benzene rings is 1. The molecule has 0 saturated heterocycles. The van der Waals surface area contributed by atoms with Gasteiger partial charge in [0, 0.05) is 7.05 Å². The summed E-state index contributed by atoms with van der Waals surface area (Å²) in [6.07, 6.45) is 0. The Labute approximate surface area is 148 Å². The summed E-state index contributed by atoms with van der Waals surface area (Å²) in [6.45, 7) is 9.64. The monoisotopic (exact) mass is 343 g/mol. The van der Waals surface area contributed by atoms with Gasteiger partial charge in [-0.3, -0.25) is 9.48 Å². The van der Waals surface area contributed by atoms with E-state index >= 15 is 0 Å². The van der Waals surface area contributed by atoms with Crippen LogP contribution < -0.4 is 5.32 Å². The fourth-order valence-electron chi connectivity index (χ4n) is 2.45. The van der Waals surface area contributed by atoms with Crippen LogP contribution in [0.1, 0.15) is 48.1 Å². The minimum Gasteiger partial charge on any atom is -0.452 e. The van der Waals surface area contributed by atoms with Gasteiger partial charge in [-0.15, -0.1) is 0 Å². The van der Waals surface area contributed by atoms with Crippen molar-refractivity contribution in [1.29, 1.82) is 0 Å². The van der Waals surface area contributed by atoms with E-state index in [2.05, 4.69) is 31.2 Å². The summed E-state index contributed by atoms with van der Waals surface area (Å²) in [6, 6.07) is 7.24. The normalized spacial score (nSPS) is 11.3. The zero-order valence-electron chi connectivity index (χ0n) is 15.6. The second-order valence-corrected chi connectivity index (χ2v) is 7.12. The van der Waals surface area contributed by atoms with Crippen LogP contribution in [0.25, 0.3) is 0 Å². The zero-order valence-corrected chi connectivity index (χ0v) is 15.6. The molecule has 2 rings (SSSR count). The summed E-state index contributed by atoms with van der Waals surface area (Å²) in [5.74, 6) is -0.908. The summed E-state index contributed by atoms with van der Waals surface area (Å²) < 4.78 is 6.78. The molecule has 1 amide bonds. The predicted octanol–water partition coefficient (Wildman–Crippen LogP) is 3.13. The molecule has 1 aromatic carbocycles. The molecular formula is C19H25N3O3. The number of amides is 1. The maximum absolute atomic E-state index is 12.1. The van der Waals surface area contributed by atoms with Gasteiger partial charge in [0.05, 0.1) is 22.6 Å². The van der Waals surface area contributed by atoms with Crippen molar-refractivity contribution in [3.63, 3.8) is 0 Å². The van der Waals surface area contributed by atoms with Crippen LogP contribution in [0.5, 0.6) is 0 Å². The van der Waals surface area contributed by atoms with Crippen LogP contribution in [-0.4, -0.2) is 28.3 Å². The Hall–Kier alpha value is -2.63. The van der Waals surface area contributed by atoms with E-state index in [4.69, 9.17) is 4.74 Å². The molecule has 1 aromatic heterocycles. The van der Waals surface area contributed by atoms with Gasteiger partial charge >= 0.3 is 5.97 Å². The van der Waals surface area contributed by atoms with Crippen LogP contribution in [0.2, 0.25) is 0 Å². The number of anilines is 1. The van der Waals surface area contributed by atoms with Crippen molar-refractivity contribution in [2.45, 2.75) is 40.0 Å². The number of carbonyl (C=O) groups is 2. The summed E-state index contributed by atoms with van der Waals surface area (Å²) in [7, 11) is 1.80. The average molecular weight is 343 g/mol. The molecule has 0 unspecified atom stereocenters. The number of hydrogen-bond donors (Lipinski definition) is 1. The summed E-state index contributed by atoms with van der Waals surface area (Å²) in [5, 5.41) is 6.96. The van der Waals surface area contributed by atoms with Gasteiger partial charge in [-0.2, -0.15) is 5.10 Å². The molecule has 6 heteroatoms. The number of aromatic nitrogens is 2. The Morgan fingerprint density at radius 2 is 1.76 bits per heavy atom. The molecule has 0 spiro atoms. The van der Waals surface area contributed by atoms with Crippen LogP contribution in [0.4, 0.5) is 5.69 Å². The third kappa shape index (κ3) is 4.47. The summed E-state index contributed by atoms with van der Waals surface area (Å²) in [4.78, 5) is 24.1. The van der Waals surface area contributed by atoms with Gasteiger partial charge in [0.1, 0.15) is 0 Å². The van der Waals surface area contributed by atoms with E-state index in [-0.39, 0.29) is 17.9 Å². The number of ether oxygens (including phenoxy) is 1. The van der Waals surface area contributed by atoms with E-state index in [1.807, 2.05) is 26.0 Å². The first-order valence-corrected chi connectivity index (χ1v) is 8.17. The Morgan fingerprint density at radius 3 is 2.24 bits per heavy atom. The number of esters is 1. The molecule has 0 aliphatic heterocycles. The predicted molar refractivity (Wildman–Crippen MR) is 96.7 cm³/mol. The van der Waals surface area contributed by atoms with Crippen molar-refractivity contribution >= 4 is 17.6 Å². The minimum absolute atomic E-state index is 0.0156. The van der Waals surface area contributed by atoms with E-state index in [0.717, 1.165) is 17.0 Å². The van der Waals surface area contributed by atoms with Crippen LogP contribution >= 0.6 is 0 Å². The Kier molecular flexibility index (Phi) is 5.30. The third-order valence-corrected chi connectivity index (χ3v) is 4.09. The first-order chi connectivity index (χ1) is 11.6. The highest BCUT2D eigenvalue weighted by Gasteiger charge is 2.17. The molecule has 1 N–H and O–H groups in total. The van der Waals surface area contributed by atoms with E-state index < -0.39 is 5.97 Å². The first kappa shape index (κ1) is 18.7. The van der Waals surface area contributed by atoms with Gasteiger partial charge in [-0.05, 0) is 37.0 Å². The zero-order chi connectivity index (χ0) is 18.8. The topological polar surface area (TPSA) is 73.2 Å². The maximum atomic E-state index is 12.1. The lowest BCUT2D eigenvalue weighted by molar-refractivity contribution is -0.119. The van der Waals surface area contributed by atoms with Crippen LogP contribution in [-0.2, 0) is 22.0 Å². The second kappa shape index (κ2) is 7.09. The van der Waals surface area contributed by atoms with Crippen molar-refractivity contribution in [1.82, 2.24) is 9.78 Å². The molecule has 0 radical (unpaired) electrons. The van der Waals surface area contributed by atoms with Crippen LogP contribution in [0.15, 0.2) is 24.3 Å². The highest BCUT2D eigenvalue weighted by Crippen LogP contribution is 2.22. The van der Waals surface area contributed by atoms with Gasteiger partial charge in [0.2, 0.25) is 0 Å². The molecular weight excluding hydrogens is 318 g/mol. The minimum atomic E-state index is -0.518. The molecule has 0 aliphatic rings. The van der Waals surface area contributed by atoms with Crippen molar-refractivity contribution in [3.8, 4) is 0 Å². The maximum Gasteiger partial charge on any atom is 0.338 e. The lowest BCUT2D eigenvalue weighted by atomic mass is 9.87.